The van der Waals surface area contributed by atoms with Crippen LogP contribution in [0.25, 0.3) is 0 Å². The molecule has 0 bridgehead atoms. The Balaban J connectivity index is 2.55. The summed E-state index contributed by atoms with van der Waals surface area (Å²) in [5.41, 5.74) is 1.05. The van der Waals surface area contributed by atoms with Gasteiger partial charge in [0.15, 0.2) is 5.78 Å². The summed E-state index contributed by atoms with van der Waals surface area (Å²) in [6.07, 6.45) is 0. The molecule has 0 radical (unpaired) electrons. The van der Waals surface area contributed by atoms with Crippen LogP contribution in [0.4, 0.5) is 0 Å². The molecule has 2 rings (SSSR count). The van der Waals surface area contributed by atoms with E-state index in [0.29, 0.717) is 26.4 Å². The summed E-state index contributed by atoms with van der Waals surface area (Å²) < 4.78 is 6.92. The summed E-state index contributed by atoms with van der Waals surface area (Å²) in [7, 11) is 1.55. The number of carbonyl (C=O) groups is 1. The van der Waals surface area contributed by atoms with Crippen LogP contribution in [-0.2, 0) is 0 Å². The molecule has 0 saturated heterocycles. The Labute approximate surface area is 138 Å². The Morgan fingerprint density at radius 1 is 1.21 bits per heavy atom. The Bertz CT molecular complexity index is 643. The number of ketones is 1. The lowest BCUT2D eigenvalue weighted by atomic mass is 10.0. The standard InChI is InChI=1S/C14H9BrClIO2/c1-19-13-5-3-9(17)7-11(13)14(18)10-6-8(16)2-4-12(10)15/h2-7H,1H3. The Hall–Kier alpha value is -0.590. The van der Waals surface area contributed by atoms with Crippen LogP contribution >= 0.6 is 50.1 Å². The lowest BCUT2D eigenvalue weighted by molar-refractivity contribution is 0.103. The molecular formula is C14H9BrClIO2. The average Bonchev–Trinajstić information content (AvgIpc) is 2.40. The van der Waals surface area contributed by atoms with Gasteiger partial charge in [0.25, 0.3) is 0 Å². The van der Waals surface area contributed by atoms with E-state index in [1.165, 1.54) is 0 Å². The second-order valence-corrected chi connectivity index (χ2v) is 6.33. The second kappa shape index (κ2) is 6.24. The normalized spacial score (nSPS) is 10.3. The van der Waals surface area contributed by atoms with E-state index in [4.69, 9.17) is 16.3 Å². The van der Waals surface area contributed by atoms with Crippen LogP contribution < -0.4 is 4.74 Å². The van der Waals surface area contributed by atoms with E-state index in [9.17, 15) is 4.79 Å². The van der Waals surface area contributed by atoms with Gasteiger partial charge >= 0.3 is 0 Å². The average molecular weight is 451 g/mol. The zero-order valence-electron chi connectivity index (χ0n) is 9.91. The molecule has 0 aliphatic carbocycles. The lowest BCUT2D eigenvalue weighted by Crippen LogP contribution is -2.05. The fraction of sp³-hybridized carbons (Fsp3) is 0.0714. The van der Waals surface area contributed by atoms with Crippen molar-refractivity contribution in [1.82, 2.24) is 0 Å². The van der Waals surface area contributed by atoms with Crippen molar-refractivity contribution in [3.63, 3.8) is 0 Å². The molecule has 0 N–H and O–H groups in total. The minimum Gasteiger partial charge on any atom is -0.496 e. The Kier molecular flexibility index (Phi) is 4.86. The molecule has 98 valence electrons. The zero-order valence-corrected chi connectivity index (χ0v) is 14.4. The predicted octanol–water partition coefficient (Wildman–Crippen LogP) is 4.95. The molecule has 0 fully saturated rings. The molecule has 2 aromatic rings. The first kappa shape index (κ1) is 14.8. The van der Waals surface area contributed by atoms with E-state index in [1.54, 1.807) is 37.4 Å². The largest absolute Gasteiger partial charge is 0.496 e. The van der Waals surface area contributed by atoms with Crippen molar-refractivity contribution in [2.75, 3.05) is 7.11 Å². The van der Waals surface area contributed by atoms with Gasteiger partial charge in [0, 0.05) is 18.6 Å². The minimum absolute atomic E-state index is 0.121. The summed E-state index contributed by atoms with van der Waals surface area (Å²) in [4.78, 5) is 12.6. The summed E-state index contributed by atoms with van der Waals surface area (Å²) in [5.74, 6) is 0.432. The Morgan fingerprint density at radius 2 is 1.95 bits per heavy atom. The zero-order chi connectivity index (χ0) is 14.0. The second-order valence-electron chi connectivity index (χ2n) is 3.80. The maximum Gasteiger partial charge on any atom is 0.197 e. The molecule has 0 aliphatic heterocycles. The lowest BCUT2D eigenvalue weighted by Gasteiger charge is -2.09. The maximum atomic E-state index is 12.6. The molecule has 0 atom stereocenters. The number of rotatable bonds is 3. The third kappa shape index (κ3) is 3.30. The molecule has 19 heavy (non-hydrogen) atoms. The van der Waals surface area contributed by atoms with E-state index < -0.39 is 0 Å². The highest BCUT2D eigenvalue weighted by Crippen LogP contribution is 2.28. The Morgan fingerprint density at radius 3 is 2.63 bits per heavy atom. The fourth-order valence-electron chi connectivity index (χ4n) is 1.67. The summed E-state index contributed by atoms with van der Waals surface area (Å²) in [6, 6.07) is 10.6. The smallest absolute Gasteiger partial charge is 0.197 e. The molecule has 2 aromatic carbocycles. The van der Waals surface area contributed by atoms with Gasteiger partial charge in [0.05, 0.1) is 12.7 Å². The molecule has 0 spiro atoms. The monoisotopic (exact) mass is 450 g/mol. The van der Waals surface area contributed by atoms with Crippen molar-refractivity contribution >= 4 is 55.9 Å². The highest BCUT2D eigenvalue weighted by Gasteiger charge is 2.17. The molecule has 0 aromatic heterocycles. The van der Waals surface area contributed by atoms with Gasteiger partial charge in [-0.1, -0.05) is 27.5 Å². The SMILES string of the molecule is COc1ccc(I)cc1C(=O)c1cc(Cl)ccc1Br. The quantitative estimate of drug-likeness (QED) is 0.488. The van der Waals surface area contributed by atoms with Crippen LogP contribution in [0.15, 0.2) is 40.9 Å². The van der Waals surface area contributed by atoms with Crippen LogP contribution in [-0.4, -0.2) is 12.9 Å². The van der Waals surface area contributed by atoms with Gasteiger partial charge in [-0.2, -0.15) is 0 Å². The third-order valence-corrected chi connectivity index (χ3v) is 4.18. The number of methoxy groups -OCH3 is 1. The molecule has 0 saturated carbocycles. The number of hydrogen-bond acceptors (Lipinski definition) is 2. The summed E-state index contributed by atoms with van der Waals surface area (Å²) >= 11 is 11.5. The van der Waals surface area contributed by atoms with Crippen LogP contribution in [0.1, 0.15) is 15.9 Å². The van der Waals surface area contributed by atoms with E-state index in [2.05, 4.69) is 38.5 Å². The first-order valence-corrected chi connectivity index (χ1v) is 7.61. The van der Waals surface area contributed by atoms with Crippen LogP contribution in [0.3, 0.4) is 0 Å². The van der Waals surface area contributed by atoms with Crippen molar-refractivity contribution in [3.05, 3.63) is 60.6 Å². The van der Waals surface area contributed by atoms with Gasteiger partial charge in [-0.15, -0.1) is 0 Å². The van der Waals surface area contributed by atoms with Crippen LogP contribution in [0.5, 0.6) is 5.75 Å². The number of halogens is 3. The number of hydrogen-bond donors (Lipinski definition) is 0. The summed E-state index contributed by atoms with van der Waals surface area (Å²) in [5, 5.41) is 0.524. The van der Waals surface area contributed by atoms with Crippen molar-refractivity contribution in [1.29, 1.82) is 0 Å². The molecular weight excluding hydrogens is 442 g/mol. The van der Waals surface area contributed by atoms with Crippen molar-refractivity contribution < 1.29 is 9.53 Å². The van der Waals surface area contributed by atoms with E-state index in [-0.39, 0.29) is 5.78 Å². The van der Waals surface area contributed by atoms with E-state index >= 15 is 0 Å². The number of benzene rings is 2. The highest BCUT2D eigenvalue weighted by molar-refractivity contribution is 14.1. The highest BCUT2D eigenvalue weighted by atomic mass is 127. The van der Waals surface area contributed by atoms with Crippen molar-refractivity contribution in [2.24, 2.45) is 0 Å². The van der Waals surface area contributed by atoms with Crippen LogP contribution in [0.2, 0.25) is 5.02 Å². The van der Waals surface area contributed by atoms with Gasteiger partial charge < -0.3 is 4.74 Å². The molecule has 0 heterocycles. The molecule has 0 aliphatic rings. The molecule has 2 nitrogen and oxygen atoms in total. The van der Waals surface area contributed by atoms with Gasteiger partial charge in [0.1, 0.15) is 5.75 Å². The maximum absolute atomic E-state index is 12.6. The molecule has 0 amide bonds. The van der Waals surface area contributed by atoms with Crippen molar-refractivity contribution in [2.45, 2.75) is 0 Å². The fourth-order valence-corrected chi connectivity index (χ4v) is 2.76. The first-order chi connectivity index (χ1) is 9.02. The van der Waals surface area contributed by atoms with Crippen LogP contribution in [0, 0.1) is 3.57 Å². The number of ether oxygens (including phenoxy) is 1. The first-order valence-electron chi connectivity index (χ1n) is 5.36. The number of carbonyl (C=O) groups excluding carboxylic acids is 1. The van der Waals surface area contributed by atoms with Gasteiger partial charge in [-0.25, -0.2) is 0 Å². The molecule has 5 heteroatoms. The predicted molar refractivity (Wildman–Crippen MR) is 88.3 cm³/mol. The van der Waals surface area contributed by atoms with Crippen molar-refractivity contribution in [3.8, 4) is 5.75 Å². The topological polar surface area (TPSA) is 26.3 Å². The van der Waals surface area contributed by atoms with Gasteiger partial charge in [-0.3, -0.25) is 4.79 Å². The van der Waals surface area contributed by atoms with Gasteiger partial charge in [0.2, 0.25) is 0 Å². The molecule has 0 unspecified atom stereocenters. The summed E-state index contributed by atoms with van der Waals surface area (Å²) in [6.45, 7) is 0. The third-order valence-electron chi connectivity index (χ3n) is 2.58. The van der Waals surface area contributed by atoms with E-state index in [1.807, 2.05) is 6.07 Å². The minimum atomic E-state index is -0.121. The van der Waals surface area contributed by atoms with Gasteiger partial charge in [-0.05, 0) is 59.0 Å². The van der Waals surface area contributed by atoms with E-state index in [0.717, 1.165) is 3.57 Å².